The zero-order valence-corrected chi connectivity index (χ0v) is 19.8. The molecular weight excluding hydrogens is 491 g/mol. The van der Waals surface area contributed by atoms with Crippen LogP contribution in [0.15, 0.2) is 52.1 Å². The number of hydrogen-bond donors (Lipinski definition) is 3. The maximum Gasteiger partial charge on any atom is 0.191 e. The van der Waals surface area contributed by atoms with Gasteiger partial charge in [0.2, 0.25) is 0 Å². The highest BCUT2D eigenvalue weighted by atomic mass is 127. The second kappa shape index (κ2) is 11.4. The highest BCUT2D eigenvalue weighted by molar-refractivity contribution is 14.0. The van der Waals surface area contributed by atoms with Crippen LogP contribution in [0.2, 0.25) is 0 Å². The fourth-order valence-corrected chi connectivity index (χ4v) is 3.86. The SMILES string of the molecule is CCNC(=NCC(c1ccco1)N1CCCC1)NCCc1nc2ccccc2[nH]1.I. The van der Waals surface area contributed by atoms with Gasteiger partial charge in [0.1, 0.15) is 11.6 Å². The molecule has 2 aromatic heterocycles. The third kappa shape index (κ3) is 5.75. The van der Waals surface area contributed by atoms with Crippen molar-refractivity contribution < 1.29 is 4.42 Å². The van der Waals surface area contributed by atoms with Gasteiger partial charge in [-0.05, 0) is 57.1 Å². The molecule has 8 heteroatoms. The van der Waals surface area contributed by atoms with Gasteiger partial charge in [-0.3, -0.25) is 9.89 Å². The van der Waals surface area contributed by atoms with Crippen molar-refractivity contribution in [1.29, 1.82) is 0 Å². The number of para-hydroxylation sites is 2. The molecule has 0 bridgehead atoms. The number of nitrogens with one attached hydrogen (secondary N) is 3. The van der Waals surface area contributed by atoms with Crippen LogP contribution in [-0.2, 0) is 6.42 Å². The number of imidazole rings is 1. The predicted octanol–water partition coefficient (Wildman–Crippen LogP) is 3.71. The Morgan fingerprint density at radius 1 is 1.20 bits per heavy atom. The summed E-state index contributed by atoms with van der Waals surface area (Å²) < 4.78 is 5.70. The highest BCUT2D eigenvalue weighted by Gasteiger charge is 2.25. The van der Waals surface area contributed by atoms with Crippen molar-refractivity contribution in [2.75, 3.05) is 32.7 Å². The summed E-state index contributed by atoms with van der Waals surface area (Å²) in [4.78, 5) is 15.3. The molecule has 1 aromatic carbocycles. The van der Waals surface area contributed by atoms with E-state index in [0.717, 1.165) is 61.2 Å². The Balaban J connectivity index is 0.00000256. The minimum atomic E-state index is 0. The summed E-state index contributed by atoms with van der Waals surface area (Å²) in [5, 5.41) is 6.78. The molecule has 1 fully saturated rings. The molecule has 1 aliphatic rings. The molecule has 1 unspecified atom stereocenters. The average molecular weight is 522 g/mol. The Bertz CT molecular complexity index is 884. The molecule has 4 rings (SSSR count). The van der Waals surface area contributed by atoms with E-state index < -0.39 is 0 Å². The van der Waals surface area contributed by atoms with Gasteiger partial charge in [-0.25, -0.2) is 4.98 Å². The van der Waals surface area contributed by atoms with E-state index in [1.54, 1.807) is 6.26 Å². The Morgan fingerprint density at radius 3 is 2.77 bits per heavy atom. The smallest absolute Gasteiger partial charge is 0.191 e. The van der Waals surface area contributed by atoms with E-state index in [4.69, 9.17) is 9.41 Å². The summed E-state index contributed by atoms with van der Waals surface area (Å²) in [6.07, 6.45) is 5.05. The first-order chi connectivity index (χ1) is 14.3. The number of benzene rings is 1. The number of aromatic amines is 1. The topological polar surface area (TPSA) is 81.5 Å². The third-order valence-electron chi connectivity index (χ3n) is 5.31. The van der Waals surface area contributed by atoms with Gasteiger partial charge in [0, 0.05) is 19.5 Å². The number of aromatic nitrogens is 2. The number of halogens is 1. The van der Waals surface area contributed by atoms with Crippen LogP contribution in [0.3, 0.4) is 0 Å². The Kier molecular flexibility index (Phi) is 8.56. The van der Waals surface area contributed by atoms with Crippen LogP contribution in [0.1, 0.15) is 37.4 Å². The van der Waals surface area contributed by atoms with Crippen LogP contribution < -0.4 is 10.6 Å². The molecule has 0 spiro atoms. The summed E-state index contributed by atoms with van der Waals surface area (Å²) in [5.41, 5.74) is 2.09. The summed E-state index contributed by atoms with van der Waals surface area (Å²) in [7, 11) is 0. The van der Waals surface area contributed by atoms with Crippen LogP contribution >= 0.6 is 24.0 Å². The standard InChI is InChI=1S/C22H30N6O.HI/c1-2-23-22(24-12-11-21-26-17-8-3-4-9-18(17)27-21)25-16-19(20-10-7-15-29-20)28-13-5-6-14-28;/h3-4,7-10,15,19H,2,5-6,11-14,16H2,1H3,(H,26,27)(H2,23,24,25);1H. The lowest BCUT2D eigenvalue weighted by molar-refractivity contribution is 0.221. The van der Waals surface area contributed by atoms with Crippen molar-refractivity contribution in [1.82, 2.24) is 25.5 Å². The zero-order chi connectivity index (χ0) is 19.9. The molecule has 3 aromatic rings. The molecule has 1 saturated heterocycles. The largest absolute Gasteiger partial charge is 0.468 e. The molecule has 3 heterocycles. The maximum atomic E-state index is 5.70. The number of nitrogens with zero attached hydrogens (tertiary/aromatic N) is 3. The van der Waals surface area contributed by atoms with Crippen molar-refractivity contribution in [3.05, 3.63) is 54.2 Å². The molecule has 0 amide bonds. The van der Waals surface area contributed by atoms with Gasteiger partial charge in [0.15, 0.2) is 5.96 Å². The quantitative estimate of drug-likeness (QED) is 0.239. The van der Waals surface area contributed by atoms with Gasteiger partial charge >= 0.3 is 0 Å². The van der Waals surface area contributed by atoms with E-state index in [1.807, 2.05) is 24.3 Å². The van der Waals surface area contributed by atoms with Crippen LogP contribution in [0, 0.1) is 0 Å². The fourth-order valence-electron chi connectivity index (χ4n) is 3.86. The lowest BCUT2D eigenvalue weighted by Crippen LogP contribution is -2.39. The predicted molar refractivity (Wildman–Crippen MR) is 131 cm³/mol. The van der Waals surface area contributed by atoms with Crippen LogP contribution in [0.25, 0.3) is 11.0 Å². The van der Waals surface area contributed by atoms with Gasteiger partial charge in [0.25, 0.3) is 0 Å². The Labute approximate surface area is 194 Å². The van der Waals surface area contributed by atoms with Crippen LogP contribution in [0.5, 0.6) is 0 Å². The average Bonchev–Trinajstić information content (AvgIpc) is 3.49. The van der Waals surface area contributed by atoms with Crippen molar-refractivity contribution in [3.8, 4) is 0 Å². The minimum absolute atomic E-state index is 0. The Hall–Kier alpha value is -2.07. The first-order valence-corrected chi connectivity index (χ1v) is 10.6. The third-order valence-corrected chi connectivity index (χ3v) is 5.31. The monoisotopic (exact) mass is 522 g/mol. The number of aliphatic imine (C=N–C) groups is 1. The highest BCUT2D eigenvalue weighted by Crippen LogP contribution is 2.25. The van der Waals surface area contributed by atoms with Gasteiger partial charge in [0.05, 0.1) is 29.9 Å². The first-order valence-electron chi connectivity index (χ1n) is 10.6. The number of H-pyrrole nitrogens is 1. The van der Waals surface area contributed by atoms with Gasteiger partial charge in [-0.1, -0.05) is 12.1 Å². The summed E-state index contributed by atoms with van der Waals surface area (Å²) in [5.74, 6) is 2.81. The molecule has 0 aliphatic carbocycles. The molecule has 1 aliphatic heterocycles. The van der Waals surface area contributed by atoms with E-state index in [1.165, 1.54) is 12.8 Å². The second-order valence-corrected chi connectivity index (χ2v) is 7.37. The van der Waals surface area contributed by atoms with Crippen molar-refractivity contribution in [2.45, 2.75) is 32.2 Å². The van der Waals surface area contributed by atoms with Crippen LogP contribution in [-0.4, -0.2) is 53.6 Å². The van der Waals surface area contributed by atoms with Crippen molar-refractivity contribution >= 4 is 41.0 Å². The van der Waals surface area contributed by atoms with E-state index in [9.17, 15) is 0 Å². The summed E-state index contributed by atoms with van der Waals surface area (Å²) in [6, 6.07) is 12.3. The summed E-state index contributed by atoms with van der Waals surface area (Å²) >= 11 is 0. The van der Waals surface area contributed by atoms with Crippen molar-refractivity contribution in [3.63, 3.8) is 0 Å². The van der Waals surface area contributed by atoms with E-state index >= 15 is 0 Å². The molecule has 162 valence electrons. The summed E-state index contributed by atoms with van der Waals surface area (Å²) in [6.45, 7) is 6.56. The lowest BCUT2D eigenvalue weighted by atomic mass is 10.2. The van der Waals surface area contributed by atoms with E-state index in [0.29, 0.717) is 6.54 Å². The van der Waals surface area contributed by atoms with Gasteiger partial charge in [-0.15, -0.1) is 24.0 Å². The first kappa shape index (κ1) is 22.6. The second-order valence-electron chi connectivity index (χ2n) is 7.37. The molecule has 3 N–H and O–H groups in total. The number of guanidine groups is 1. The lowest BCUT2D eigenvalue weighted by Gasteiger charge is -2.24. The maximum absolute atomic E-state index is 5.70. The van der Waals surface area contributed by atoms with Crippen LogP contribution in [0.4, 0.5) is 0 Å². The molecule has 0 saturated carbocycles. The molecule has 1 atom stereocenters. The molecule has 0 radical (unpaired) electrons. The molecule has 30 heavy (non-hydrogen) atoms. The number of hydrogen-bond acceptors (Lipinski definition) is 4. The number of likely N-dealkylation sites (tertiary alicyclic amines) is 1. The molecule has 7 nitrogen and oxygen atoms in total. The number of fused-ring (bicyclic) bond motifs is 1. The van der Waals surface area contributed by atoms with E-state index in [-0.39, 0.29) is 30.0 Å². The molecular formula is C22H31IN6O. The number of furan rings is 1. The van der Waals surface area contributed by atoms with Gasteiger partial charge in [-0.2, -0.15) is 0 Å². The van der Waals surface area contributed by atoms with Crippen molar-refractivity contribution in [2.24, 2.45) is 4.99 Å². The Morgan fingerprint density at radius 2 is 2.03 bits per heavy atom. The van der Waals surface area contributed by atoms with E-state index in [2.05, 4.69) is 44.6 Å². The number of rotatable bonds is 8. The minimum Gasteiger partial charge on any atom is -0.468 e. The fraction of sp³-hybridized carbons (Fsp3) is 0.455. The zero-order valence-electron chi connectivity index (χ0n) is 17.4. The normalized spacial score (nSPS) is 15.8. The van der Waals surface area contributed by atoms with Gasteiger partial charge < -0.3 is 20.0 Å².